The molecule has 2 atom stereocenters. The number of aromatic nitrogens is 2. The van der Waals surface area contributed by atoms with Crippen molar-refractivity contribution in [1.29, 1.82) is 0 Å². The molecule has 154 valence electrons. The molecule has 3 heterocycles. The number of carbonyl (C=O) groups excluding carboxylic acids is 1. The minimum atomic E-state index is -0.370. The van der Waals surface area contributed by atoms with Crippen LogP contribution in [-0.2, 0) is 17.8 Å². The van der Waals surface area contributed by atoms with Gasteiger partial charge < -0.3 is 4.90 Å². The van der Waals surface area contributed by atoms with Gasteiger partial charge in [-0.05, 0) is 36.2 Å². The number of rotatable bonds is 2. The zero-order valence-corrected chi connectivity index (χ0v) is 16.3. The molecule has 8 heteroatoms. The van der Waals surface area contributed by atoms with E-state index in [4.69, 9.17) is 0 Å². The smallest absolute Gasteiger partial charge is 0.261 e. The highest BCUT2D eigenvalue weighted by Crippen LogP contribution is 2.24. The molecule has 5 rings (SSSR count). The number of amides is 1. The maximum atomic E-state index is 13.2. The van der Waals surface area contributed by atoms with E-state index in [1.165, 1.54) is 12.1 Å². The van der Waals surface area contributed by atoms with Gasteiger partial charge in [0.1, 0.15) is 17.7 Å². The second-order valence-electron chi connectivity index (χ2n) is 7.76. The lowest BCUT2D eigenvalue weighted by molar-refractivity contribution is -0.133. The van der Waals surface area contributed by atoms with Crippen LogP contribution in [0, 0.1) is 5.82 Å². The summed E-state index contributed by atoms with van der Waals surface area (Å²) < 4.78 is 14.9. The molecular weight excluding hydrogens is 385 g/mol. The Kier molecular flexibility index (Phi) is 4.80. The predicted molar refractivity (Wildman–Crippen MR) is 110 cm³/mol. The van der Waals surface area contributed by atoms with Crippen molar-refractivity contribution in [3.05, 3.63) is 76.1 Å². The Labute approximate surface area is 172 Å². The van der Waals surface area contributed by atoms with Crippen molar-refractivity contribution in [3.63, 3.8) is 0 Å². The van der Waals surface area contributed by atoms with Crippen LogP contribution in [0.2, 0.25) is 0 Å². The van der Waals surface area contributed by atoms with Crippen molar-refractivity contribution in [1.82, 2.24) is 25.3 Å². The van der Waals surface area contributed by atoms with Crippen molar-refractivity contribution in [3.8, 4) is 0 Å². The van der Waals surface area contributed by atoms with Crippen LogP contribution in [0.5, 0.6) is 0 Å². The SMILES string of the molecule is O=C(C1CC(c2ccc(F)cc2)NN1)N1CCc2nc3ccccc3c(=O)n2CC1. The van der Waals surface area contributed by atoms with Crippen LogP contribution in [0.25, 0.3) is 10.9 Å². The Hall–Kier alpha value is -3.10. The summed E-state index contributed by atoms with van der Waals surface area (Å²) in [5.74, 6) is 0.436. The molecule has 0 aliphatic carbocycles. The molecule has 3 aromatic rings. The number of hydrazine groups is 1. The average Bonchev–Trinajstić information content (AvgIpc) is 3.16. The number of nitrogens with zero attached hydrogens (tertiary/aromatic N) is 3. The highest BCUT2D eigenvalue weighted by atomic mass is 19.1. The van der Waals surface area contributed by atoms with Crippen LogP contribution in [0.1, 0.15) is 23.9 Å². The van der Waals surface area contributed by atoms with E-state index in [-0.39, 0.29) is 29.4 Å². The normalized spacial score (nSPS) is 21.4. The van der Waals surface area contributed by atoms with Crippen LogP contribution in [0.15, 0.2) is 53.3 Å². The maximum Gasteiger partial charge on any atom is 0.261 e. The fraction of sp³-hybridized carbons (Fsp3) is 0.318. The first-order valence-corrected chi connectivity index (χ1v) is 10.1. The summed E-state index contributed by atoms with van der Waals surface area (Å²) in [6.07, 6.45) is 1.11. The van der Waals surface area contributed by atoms with Gasteiger partial charge in [0.2, 0.25) is 5.91 Å². The molecule has 0 spiro atoms. The Bertz CT molecular complexity index is 1160. The Balaban J connectivity index is 1.31. The van der Waals surface area contributed by atoms with Crippen LogP contribution in [0.3, 0.4) is 0 Å². The van der Waals surface area contributed by atoms with E-state index < -0.39 is 0 Å². The minimum Gasteiger partial charge on any atom is -0.339 e. The fourth-order valence-electron chi connectivity index (χ4n) is 4.28. The van der Waals surface area contributed by atoms with Crippen LogP contribution < -0.4 is 16.4 Å². The van der Waals surface area contributed by atoms with E-state index in [2.05, 4.69) is 15.8 Å². The zero-order valence-electron chi connectivity index (χ0n) is 16.3. The molecule has 2 unspecified atom stereocenters. The van der Waals surface area contributed by atoms with Crippen LogP contribution in [-0.4, -0.2) is 39.5 Å². The Morgan fingerprint density at radius 3 is 2.67 bits per heavy atom. The lowest BCUT2D eigenvalue weighted by Gasteiger charge is -2.23. The average molecular weight is 407 g/mol. The van der Waals surface area contributed by atoms with Crippen molar-refractivity contribution in [2.75, 3.05) is 13.1 Å². The molecular formula is C22H22FN5O2. The molecule has 0 bridgehead atoms. The van der Waals surface area contributed by atoms with Gasteiger partial charge in [0.05, 0.1) is 10.9 Å². The molecule has 2 N–H and O–H groups in total. The minimum absolute atomic E-state index is 0.00229. The third-order valence-corrected chi connectivity index (χ3v) is 5.92. The van der Waals surface area contributed by atoms with Gasteiger partial charge in [-0.2, -0.15) is 0 Å². The maximum absolute atomic E-state index is 13.2. The van der Waals surface area contributed by atoms with E-state index >= 15 is 0 Å². The molecule has 0 radical (unpaired) electrons. The summed E-state index contributed by atoms with van der Waals surface area (Å²) in [5.41, 5.74) is 7.79. The number of hydrogen-bond acceptors (Lipinski definition) is 5. The number of halogens is 1. The van der Waals surface area contributed by atoms with Gasteiger partial charge in [-0.25, -0.2) is 20.2 Å². The zero-order chi connectivity index (χ0) is 20.7. The Morgan fingerprint density at radius 1 is 1.03 bits per heavy atom. The standard InChI is InChI=1S/C22H22FN5O2/c23-15-7-5-14(6-8-15)18-13-19(26-25-18)22(30)27-10-9-20-24-17-4-2-1-3-16(17)21(29)28(20)12-11-27/h1-8,18-19,25-26H,9-13H2. The molecule has 1 saturated heterocycles. The van der Waals surface area contributed by atoms with Crippen molar-refractivity contribution in [2.24, 2.45) is 0 Å². The van der Waals surface area contributed by atoms with Crippen LogP contribution in [0.4, 0.5) is 4.39 Å². The van der Waals surface area contributed by atoms with Gasteiger partial charge in [0.25, 0.3) is 5.56 Å². The molecule has 1 amide bonds. The summed E-state index contributed by atoms with van der Waals surface area (Å²) in [6.45, 7) is 1.41. The molecule has 30 heavy (non-hydrogen) atoms. The number of carbonyl (C=O) groups is 1. The second-order valence-corrected chi connectivity index (χ2v) is 7.76. The Morgan fingerprint density at radius 2 is 1.83 bits per heavy atom. The molecule has 1 fully saturated rings. The van der Waals surface area contributed by atoms with Crippen molar-refractivity contribution >= 4 is 16.8 Å². The fourth-order valence-corrected chi connectivity index (χ4v) is 4.28. The van der Waals surface area contributed by atoms with Crippen molar-refractivity contribution in [2.45, 2.75) is 31.5 Å². The summed E-state index contributed by atoms with van der Waals surface area (Å²) in [7, 11) is 0. The van der Waals surface area contributed by atoms with E-state index in [0.717, 1.165) is 11.4 Å². The van der Waals surface area contributed by atoms with E-state index in [0.29, 0.717) is 43.4 Å². The van der Waals surface area contributed by atoms with E-state index in [1.54, 1.807) is 27.7 Å². The molecule has 2 aliphatic rings. The first-order valence-electron chi connectivity index (χ1n) is 10.1. The van der Waals surface area contributed by atoms with Gasteiger partial charge in [-0.1, -0.05) is 24.3 Å². The van der Waals surface area contributed by atoms with E-state index in [9.17, 15) is 14.0 Å². The number of nitrogens with one attached hydrogen (secondary N) is 2. The third-order valence-electron chi connectivity index (χ3n) is 5.92. The molecule has 2 aliphatic heterocycles. The molecule has 1 aromatic heterocycles. The van der Waals surface area contributed by atoms with Gasteiger partial charge in [0, 0.05) is 32.1 Å². The second kappa shape index (κ2) is 7.62. The van der Waals surface area contributed by atoms with Gasteiger partial charge >= 0.3 is 0 Å². The number of benzene rings is 2. The molecule has 0 saturated carbocycles. The first-order chi connectivity index (χ1) is 14.6. The highest BCUT2D eigenvalue weighted by molar-refractivity contribution is 5.82. The number of hydrogen-bond donors (Lipinski definition) is 2. The number of fused-ring (bicyclic) bond motifs is 2. The monoisotopic (exact) mass is 407 g/mol. The summed E-state index contributed by atoms with van der Waals surface area (Å²) in [4.78, 5) is 32.4. The number of para-hydroxylation sites is 1. The summed E-state index contributed by atoms with van der Waals surface area (Å²) >= 11 is 0. The predicted octanol–water partition coefficient (Wildman–Crippen LogP) is 1.53. The highest BCUT2D eigenvalue weighted by Gasteiger charge is 2.33. The van der Waals surface area contributed by atoms with Gasteiger partial charge in [0.15, 0.2) is 0 Å². The van der Waals surface area contributed by atoms with Gasteiger partial charge in [-0.3, -0.25) is 14.2 Å². The molecule has 2 aromatic carbocycles. The quantitative estimate of drug-likeness (QED) is 0.674. The summed E-state index contributed by atoms with van der Waals surface area (Å²) in [6, 6.07) is 13.2. The molecule has 7 nitrogen and oxygen atoms in total. The van der Waals surface area contributed by atoms with Gasteiger partial charge in [-0.15, -0.1) is 0 Å². The largest absolute Gasteiger partial charge is 0.339 e. The van der Waals surface area contributed by atoms with Crippen LogP contribution >= 0.6 is 0 Å². The first kappa shape index (κ1) is 18.9. The lowest BCUT2D eigenvalue weighted by atomic mass is 10.0. The van der Waals surface area contributed by atoms with Crippen molar-refractivity contribution < 1.29 is 9.18 Å². The van der Waals surface area contributed by atoms with E-state index in [1.807, 2.05) is 18.2 Å². The lowest BCUT2D eigenvalue weighted by Crippen LogP contribution is -2.46. The third kappa shape index (κ3) is 3.38. The topological polar surface area (TPSA) is 79.3 Å². The summed E-state index contributed by atoms with van der Waals surface area (Å²) in [5, 5.41) is 0.602.